The lowest BCUT2D eigenvalue weighted by atomic mass is 10.1. The van der Waals surface area contributed by atoms with E-state index in [2.05, 4.69) is 5.32 Å². The van der Waals surface area contributed by atoms with Crippen LogP contribution in [0.3, 0.4) is 0 Å². The number of aryl methyl sites for hydroxylation is 1. The molecule has 0 spiro atoms. The molecule has 0 radical (unpaired) electrons. The van der Waals surface area contributed by atoms with E-state index >= 15 is 0 Å². The summed E-state index contributed by atoms with van der Waals surface area (Å²) in [6.45, 7) is 8.28. The number of hydrogen-bond donors (Lipinski definition) is 1. The number of benzene rings is 2. The summed E-state index contributed by atoms with van der Waals surface area (Å²) in [6.07, 6.45) is 1.35. The van der Waals surface area contributed by atoms with E-state index in [1.807, 2.05) is 52.0 Å². The molecule has 0 heterocycles. The zero-order chi connectivity index (χ0) is 22.8. The summed E-state index contributed by atoms with van der Waals surface area (Å²) >= 11 is 1.37. The van der Waals surface area contributed by atoms with Crippen molar-refractivity contribution in [3.05, 3.63) is 71.0 Å². The highest BCUT2D eigenvalue weighted by Crippen LogP contribution is 2.20. The van der Waals surface area contributed by atoms with Crippen LogP contribution < -0.4 is 5.32 Å². The lowest BCUT2D eigenvalue weighted by Gasteiger charge is -2.32. The van der Waals surface area contributed by atoms with Gasteiger partial charge in [-0.2, -0.15) is 0 Å². The van der Waals surface area contributed by atoms with Crippen molar-refractivity contribution in [2.45, 2.75) is 64.9 Å². The van der Waals surface area contributed by atoms with Gasteiger partial charge in [0.1, 0.15) is 11.9 Å². The van der Waals surface area contributed by atoms with Gasteiger partial charge < -0.3 is 10.2 Å². The maximum absolute atomic E-state index is 13.9. The van der Waals surface area contributed by atoms with E-state index in [-0.39, 0.29) is 29.4 Å². The van der Waals surface area contributed by atoms with Gasteiger partial charge in [0.15, 0.2) is 0 Å². The molecule has 0 saturated heterocycles. The molecule has 0 fully saturated rings. The number of carbonyl (C=O) groups excluding carboxylic acids is 2. The van der Waals surface area contributed by atoms with Gasteiger partial charge in [-0.1, -0.05) is 56.3 Å². The Kier molecular flexibility index (Phi) is 10.0. The standard InChI is InChI=1S/C25H33FN2O2S/c1-5-19(4)27-25(30)23(6-2)28(15-20-12-8-7-11-18(20)3)24(29)17-31-16-21-13-9-10-14-22(21)26/h7-14,19,23H,5-6,15-17H2,1-4H3,(H,27,30). The summed E-state index contributed by atoms with van der Waals surface area (Å²) in [5.41, 5.74) is 2.67. The third-order valence-corrected chi connectivity index (χ3v) is 6.40. The van der Waals surface area contributed by atoms with Crippen LogP contribution in [0.5, 0.6) is 0 Å². The van der Waals surface area contributed by atoms with E-state index in [1.165, 1.54) is 17.8 Å². The molecule has 4 nitrogen and oxygen atoms in total. The van der Waals surface area contributed by atoms with E-state index < -0.39 is 6.04 Å². The highest BCUT2D eigenvalue weighted by molar-refractivity contribution is 7.99. The molecule has 6 heteroatoms. The molecule has 2 rings (SSSR count). The van der Waals surface area contributed by atoms with Gasteiger partial charge in [0.25, 0.3) is 0 Å². The summed E-state index contributed by atoms with van der Waals surface area (Å²) < 4.78 is 13.9. The highest BCUT2D eigenvalue weighted by Gasteiger charge is 2.29. The van der Waals surface area contributed by atoms with Gasteiger partial charge in [0.2, 0.25) is 11.8 Å². The van der Waals surface area contributed by atoms with E-state index in [1.54, 1.807) is 23.1 Å². The van der Waals surface area contributed by atoms with Crippen LogP contribution in [0.4, 0.5) is 4.39 Å². The van der Waals surface area contributed by atoms with Crippen LogP contribution in [-0.2, 0) is 21.9 Å². The molecule has 1 N–H and O–H groups in total. The van der Waals surface area contributed by atoms with Crippen LogP contribution in [0.2, 0.25) is 0 Å². The average molecular weight is 445 g/mol. The summed E-state index contributed by atoms with van der Waals surface area (Å²) in [6, 6.07) is 14.0. The molecule has 2 aromatic carbocycles. The van der Waals surface area contributed by atoms with Gasteiger partial charge in [-0.25, -0.2) is 4.39 Å². The maximum Gasteiger partial charge on any atom is 0.243 e. The Balaban J connectivity index is 2.16. The van der Waals surface area contributed by atoms with E-state index in [9.17, 15) is 14.0 Å². The van der Waals surface area contributed by atoms with Crippen molar-refractivity contribution < 1.29 is 14.0 Å². The predicted molar refractivity (Wildman–Crippen MR) is 126 cm³/mol. The number of nitrogens with one attached hydrogen (secondary N) is 1. The maximum atomic E-state index is 13.9. The van der Waals surface area contributed by atoms with Crippen LogP contribution in [0, 0.1) is 12.7 Å². The van der Waals surface area contributed by atoms with Crippen molar-refractivity contribution in [3.8, 4) is 0 Å². The molecular weight excluding hydrogens is 411 g/mol. The first kappa shape index (κ1) is 24.9. The number of thioether (sulfide) groups is 1. The number of rotatable bonds is 11. The molecule has 0 aromatic heterocycles. The molecule has 0 aliphatic rings. The van der Waals surface area contributed by atoms with Crippen molar-refractivity contribution in [1.29, 1.82) is 0 Å². The van der Waals surface area contributed by atoms with Crippen LogP contribution in [0.1, 0.15) is 50.3 Å². The van der Waals surface area contributed by atoms with Crippen molar-refractivity contribution in [2.24, 2.45) is 0 Å². The van der Waals surface area contributed by atoms with E-state index in [4.69, 9.17) is 0 Å². The monoisotopic (exact) mass is 444 g/mol. The molecule has 2 atom stereocenters. The number of hydrogen-bond acceptors (Lipinski definition) is 3. The van der Waals surface area contributed by atoms with E-state index in [0.717, 1.165) is 17.5 Å². The van der Waals surface area contributed by atoms with Crippen LogP contribution >= 0.6 is 11.8 Å². The fourth-order valence-corrected chi connectivity index (χ4v) is 4.17. The fourth-order valence-electron chi connectivity index (χ4n) is 3.28. The Labute approximate surface area is 189 Å². The third-order valence-electron chi connectivity index (χ3n) is 5.43. The molecule has 2 unspecified atom stereocenters. The number of carbonyl (C=O) groups is 2. The van der Waals surface area contributed by atoms with Gasteiger partial charge in [0.05, 0.1) is 5.75 Å². The lowest BCUT2D eigenvalue weighted by Crippen LogP contribution is -2.51. The molecule has 168 valence electrons. The lowest BCUT2D eigenvalue weighted by molar-refractivity contribution is -0.139. The molecule has 0 bridgehead atoms. The zero-order valence-electron chi connectivity index (χ0n) is 18.9. The minimum absolute atomic E-state index is 0.0485. The first-order chi connectivity index (χ1) is 14.9. The number of amides is 2. The Morgan fingerprint density at radius 1 is 1.03 bits per heavy atom. The van der Waals surface area contributed by atoms with Crippen LogP contribution in [-0.4, -0.2) is 34.6 Å². The van der Waals surface area contributed by atoms with Gasteiger partial charge in [-0.05, 0) is 49.4 Å². The van der Waals surface area contributed by atoms with Crippen molar-refractivity contribution in [1.82, 2.24) is 10.2 Å². The normalized spacial score (nSPS) is 12.8. The largest absolute Gasteiger partial charge is 0.352 e. The topological polar surface area (TPSA) is 49.4 Å². The summed E-state index contributed by atoms with van der Waals surface area (Å²) in [7, 11) is 0. The SMILES string of the molecule is CCC(C)NC(=O)C(CC)N(Cc1ccccc1C)C(=O)CSCc1ccccc1F. The summed E-state index contributed by atoms with van der Waals surface area (Å²) in [5, 5.41) is 3.02. The molecular formula is C25H33FN2O2S. The highest BCUT2D eigenvalue weighted by atomic mass is 32.2. The third kappa shape index (κ3) is 7.39. The molecule has 31 heavy (non-hydrogen) atoms. The number of nitrogens with zero attached hydrogens (tertiary/aromatic N) is 1. The fraction of sp³-hybridized carbons (Fsp3) is 0.440. The first-order valence-electron chi connectivity index (χ1n) is 10.8. The van der Waals surface area contributed by atoms with E-state index in [0.29, 0.717) is 24.3 Å². The second-order valence-electron chi connectivity index (χ2n) is 7.77. The average Bonchev–Trinajstić information content (AvgIpc) is 2.76. The molecule has 0 saturated carbocycles. The molecule has 0 aliphatic heterocycles. The Hall–Kier alpha value is -2.34. The first-order valence-corrected chi connectivity index (χ1v) is 12.0. The number of halogens is 1. The second kappa shape index (κ2) is 12.5. The summed E-state index contributed by atoms with van der Waals surface area (Å²) in [4.78, 5) is 27.8. The van der Waals surface area contributed by atoms with Gasteiger partial charge in [0, 0.05) is 18.3 Å². The smallest absolute Gasteiger partial charge is 0.243 e. The van der Waals surface area contributed by atoms with Crippen LogP contribution in [0.15, 0.2) is 48.5 Å². The Bertz CT molecular complexity index is 874. The quantitative estimate of drug-likeness (QED) is 0.525. The van der Waals surface area contributed by atoms with Gasteiger partial charge in [-0.3, -0.25) is 9.59 Å². The zero-order valence-corrected chi connectivity index (χ0v) is 19.7. The van der Waals surface area contributed by atoms with Crippen molar-refractivity contribution >= 4 is 23.6 Å². The van der Waals surface area contributed by atoms with Gasteiger partial charge >= 0.3 is 0 Å². The van der Waals surface area contributed by atoms with Crippen molar-refractivity contribution in [3.63, 3.8) is 0 Å². The minimum atomic E-state index is -0.546. The minimum Gasteiger partial charge on any atom is -0.352 e. The Morgan fingerprint density at radius 3 is 2.29 bits per heavy atom. The molecule has 2 aromatic rings. The summed E-state index contributed by atoms with van der Waals surface area (Å²) in [5.74, 6) is 0.0898. The van der Waals surface area contributed by atoms with Crippen LogP contribution in [0.25, 0.3) is 0 Å². The van der Waals surface area contributed by atoms with Gasteiger partial charge in [-0.15, -0.1) is 11.8 Å². The Morgan fingerprint density at radius 2 is 1.68 bits per heavy atom. The predicted octanol–water partition coefficient (Wildman–Crippen LogP) is 5.09. The molecule has 0 aliphatic carbocycles. The molecule has 2 amide bonds. The van der Waals surface area contributed by atoms with Crippen molar-refractivity contribution in [2.75, 3.05) is 5.75 Å². The second-order valence-corrected chi connectivity index (χ2v) is 8.76.